The maximum atomic E-state index is 11.8. The maximum absolute atomic E-state index is 11.8. The number of nitrogens with zero attached hydrogens (tertiary/aromatic N) is 1. The number of carboxylic acids is 1. The molecule has 110 valence electrons. The van der Waals surface area contributed by atoms with E-state index >= 15 is 0 Å². The highest BCUT2D eigenvalue weighted by Crippen LogP contribution is 2.28. The highest BCUT2D eigenvalue weighted by atomic mass is 79.9. The van der Waals surface area contributed by atoms with Crippen LogP contribution >= 0.6 is 31.9 Å². The number of carbonyl (C=O) groups is 2. The van der Waals surface area contributed by atoms with Crippen LogP contribution in [0.15, 0.2) is 27.1 Å². The second-order valence-corrected chi connectivity index (χ2v) is 5.95. The highest BCUT2D eigenvalue weighted by Gasteiger charge is 2.11. The Hall–Kier alpha value is -1.08. The van der Waals surface area contributed by atoms with Crippen LogP contribution in [-0.2, 0) is 9.59 Å². The van der Waals surface area contributed by atoms with E-state index in [0.29, 0.717) is 18.7 Å². The number of likely N-dealkylation sites (N-methyl/N-ethyl adjacent to an activating group) is 1. The molecule has 0 unspecified atom stereocenters. The summed E-state index contributed by atoms with van der Waals surface area (Å²) >= 11 is 6.68. The van der Waals surface area contributed by atoms with Crippen molar-refractivity contribution in [1.29, 1.82) is 0 Å². The summed E-state index contributed by atoms with van der Waals surface area (Å²) in [6.45, 7) is 0.319. The maximum Gasteiger partial charge on any atom is 0.303 e. The van der Waals surface area contributed by atoms with Crippen molar-refractivity contribution in [2.75, 3.05) is 20.2 Å². The number of carboxylic acid groups (broad SMARTS) is 1. The predicted octanol–water partition coefficient (Wildman–Crippen LogP) is 2.91. The van der Waals surface area contributed by atoms with Gasteiger partial charge >= 0.3 is 5.97 Å². The van der Waals surface area contributed by atoms with Gasteiger partial charge in [-0.25, -0.2) is 0 Å². The molecule has 0 atom stereocenters. The Balaban J connectivity index is 2.40. The summed E-state index contributed by atoms with van der Waals surface area (Å²) in [5.74, 6) is -0.466. The Morgan fingerprint density at radius 1 is 1.35 bits per heavy atom. The SMILES string of the molecule is CN(CCCC(=O)O)C(=O)COc1ccc(Br)cc1Br. The molecule has 0 aliphatic rings. The van der Waals surface area contributed by atoms with Crippen LogP contribution in [-0.4, -0.2) is 42.1 Å². The summed E-state index contributed by atoms with van der Waals surface area (Å²) in [5, 5.41) is 8.53. The number of halogens is 2. The molecule has 0 heterocycles. The topological polar surface area (TPSA) is 66.8 Å². The minimum atomic E-state index is -0.860. The lowest BCUT2D eigenvalue weighted by Gasteiger charge is -2.17. The average molecular weight is 409 g/mol. The Labute approximate surface area is 134 Å². The lowest BCUT2D eigenvalue weighted by atomic mass is 10.3. The van der Waals surface area contributed by atoms with Crippen LogP contribution in [0.5, 0.6) is 5.75 Å². The van der Waals surface area contributed by atoms with Crippen LogP contribution in [0, 0.1) is 0 Å². The molecule has 0 radical (unpaired) electrons. The fourth-order valence-corrected chi connectivity index (χ4v) is 2.60. The first kappa shape index (κ1) is 17.0. The van der Waals surface area contributed by atoms with Crippen molar-refractivity contribution < 1.29 is 19.4 Å². The van der Waals surface area contributed by atoms with E-state index in [0.717, 1.165) is 8.95 Å². The van der Waals surface area contributed by atoms with Crippen molar-refractivity contribution in [3.05, 3.63) is 27.1 Å². The molecule has 0 aliphatic heterocycles. The second-order valence-electron chi connectivity index (χ2n) is 4.18. The average Bonchev–Trinajstić information content (AvgIpc) is 2.36. The lowest BCUT2D eigenvalue weighted by Crippen LogP contribution is -2.32. The molecule has 0 aromatic heterocycles. The molecular formula is C13H15Br2NO4. The van der Waals surface area contributed by atoms with Gasteiger partial charge in [0.05, 0.1) is 4.47 Å². The summed E-state index contributed by atoms with van der Waals surface area (Å²) in [6, 6.07) is 5.41. The quantitative estimate of drug-likeness (QED) is 0.753. The molecule has 1 N–H and O–H groups in total. The zero-order chi connectivity index (χ0) is 15.1. The van der Waals surface area contributed by atoms with Gasteiger partial charge in [0.25, 0.3) is 5.91 Å². The third-order valence-corrected chi connectivity index (χ3v) is 3.67. The second kappa shape index (κ2) is 8.26. The van der Waals surface area contributed by atoms with Gasteiger partial charge in [0.1, 0.15) is 5.75 Å². The number of amides is 1. The smallest absolute Gasteiger partial charge is 0.303 e. The molecule has 7 heteroatoms. The number of carbonyl (C=O) groups excluding carboxylic acids is 1. The summed E-state index contributed by atoms with van der Waals surface area (Å²) in [4.78, 5) is 23.7. The van der Waals surface area contributed by atoms with E-state index in [2.05, 4.69) is 31.9 Å². The van der Waals surface area contributed by atoms with E-state index in [4.69, 9.17) is 9.84 Å². The zero-order valence-corrected chi connectivity index (χ0v) is 14.1. The van der Waals surface area contributed by atoms with Crippen LogP contribution in [0.1, 0.15) is 12.8 Å². The zero-order valence-electron chi connectivity index (χ0n) is 10.9. The molecule has 0 saturated heterocycles. The van der Waals surface area contributed by atoms with Crippen molar-refractivity contribution in [3.63, 3.8) is 0 Å². The summed E-state index contributed by atoms with van der Waals surface area (Å²) in [7, 11) is 1.63. The van der Waals surface area contributed by atoms with Gasteiger partial charge in [-0.1, -0.05) is 15.9 Å². The van der Waals surface area contributed by atoms with Crippen LogP contribution < -0.4 is 4.74 Å². The molecule has 0 saturated carbocycles. The van der Waals surface area contributed by atoms with Gasteiger partial charge in [0.15, 0.2) is 6.61 Å². The minimum absolute atomic E-state index is 0.0523. The van der Waals surface area contributed by atoms with Gasteiger partial charge in [-0.05, 0) is 40.5 Å². The molecule has 1 amide bonds. The first-order chi connectivity index (χ1) is 9.40. The third-order valence-electron chi connectivity index (χ3n) is 2.55. The number of hydrogen-bond acceptors (Lipinski definition) is 3. The first-order valence-electron chi connectivity index (χ1n) is 5.93. The van der Waals surface area contributed by atoms with Crippen LogP contribution in [0.4, 0.5) is 0 Å². The van der Waals surface area contributed by atoms with Gasteiger partial charge in [-0.15, -0.1) is 0 Å². The number of aliphatic carboxylic acids is 1. The standard InChI is InChI=1S/C13H15Br2NO4/c1-16(6-2-3-13(18)19)12(17)8-20-11-5-4-9(14)7-10(11)15/h4-5,7H,2-3,6,8H2,1H3,(H,18,19). The lowest BCUT2D eigenvalue weighted by molar-refractivity contribution is -0.138. The predicted molar refractivity (Wildman–Crippen MR) is 81.8 cm³/mol. The number of rotatable bonds is 7. The minimum Gasteiger partial charge on any atom is -0.483 e. The van der Waals surface area contributed by atoms with E-state index < -0.39 is 5.97 Å². The van der Waals surface area contributed by atoms with Gasteiger partial charge in [-0.3, -0.25) is 9.59 Å². The fourth-order valence-electron chi connectivity index (χ4n) is 1.43. The van der Waals surface area contributed by atoms with Crippen LogP contribution in [0.2, 0.25) is 0 Å². The third kappa shape index (κ3) is 5.92. The van der Waals surface area contributed by atoms with Crippen molar-refractivity contribution in [1.82, 2.24) is 4.90 Å². The van der Waals surface area contributed by atoms with Crippen LogP contribution in [0.25, 0.3) is 0 Å². The highest BCUT2D eigenvalue weighted by molar-refractivity contribution is 9.11. The van der Waals surface area contributed by atoms with Crippen molar-refractivity contribution in [2.24, 2.45) is 0 Å². The summed E-state index contributed by atoms with van der Waals surface area (Å²) in [6.07, 6.45) is 0.482. The molecular weight excluding hydrogens is 394 g/mol. The van der Waals surface area contributed by atoms with E-state index in [9.17, 15) is 9.59 Å². The number of ether oxygens (including phenoxy) is 1. The van der Waals surface area contributed by atoms with E-state index in [1.807, 2.05) is 12.1 Å². The normalized spacial score (nSPS) is 10.2. The first-order valence-corrected chi connectivity index (χ1v) is 7.52. The van der Waals surface area contributed by atoms with Crippen molar-refractivity contribution in [3.8, 4) is 5.75 Å². The molecule has 0 fully saturated rings. The van der Waals surface area contributed by atoms with E-state index in [-0.39, 0.29) is 18.9 Å². The molecule has 0 bridgehead atoms. The molecule has 1 rings (SSSR count). The molecule has 5 nitrogen and oxygen atoms in total. The van der Waals surface area contributed by atoms with E-state index in [1.54, 1.807) is 13.1 Å². The van der Waals surface area contributed by atoms with Gasteiger partial charge in [-0.2, -0.15) is 0 Å². The van der Waals surface area contributed by atoms with Gasteiger partial charge in [0.2, 0.25) is 0 Å². The summed E-state index contributed by atoms with van der Waals surface area (Å²) < 4.78 is 7.10. The Bertz CT molecular complexity index is 493. The van der Waals surface area contributed by atoms with Gasteiger partial charge < -0.3 is 14.7 Å². The molecule has 0 aliphatic carbocycles. The Morgan fingerprint density at radius 2 is 2.05 bits per heavy atom. The van der Waals surface area contributed by atoms with E-state index in [1.165, 1.54) is 4.90 Å². The monoisotopic (exact) mass is 407 g/mol. The summed E-state index contributed by atoms with van der Waals surface area (Å²) in [5.41, 5.74) is 0. The van der Waals surface area contributed by atoms with Crippen LogP contribution in [0.3, 0.4) is 0 Å². The number of hydrogen-bond donors (Lipinski definition) is 1. The van der Waals surface area contributed by atoms with Crippen molar-refractivity contribution >= 4 is 43.7 Å². The Kier molecular flexibility index (Phi) is 7.01. The molecule has 1 aromatic rings. The fraction of sp³-hybridized carbons (Fsp3) is 0.385. The Morgan fingerprint density at radius 3 is 2.65 bits per heavy atom. The van der Waals surface area contributed by atoms with Gasteiger partial charge in [0, 0.05) is 24.5 Å². The molecule has 0 spiro atoms. The number of benzene rings is 1. The largest absolute Gasteiger partial charge is 0.483 e. The van der Waals surface area contributed by atoms with Crippen molar-refractivity contribution in [2.45, 2.75) is 12.8 Å². The molecule has 20 heavy (non-hydrogen) atoms. The molecule has 1 aromatic carbocycles.